The van der Waals surface area contributed by atoms with Crippen molar-refractivity contribution >= 4 is 27.5 Å². The van der Waals surface area contributed by atoms with Gasteiger partial charge in [0.2, 0.25) is 0 Å². The molecule has 5 nitrogen and oxygen atoms in total. The molecular weight excluding hydrogens is 276 g/mol. The van der Waals surface area contributed by atoms with Crippen LogP contribution >= 0.6 is 15.9 Å². The summed E-state index contributed by atoms with van der Waals surface area (Å²) in [7, 11) is 0. The Hall–Kier alpha value is -1.11. The predicted octanol–water partition coefficient (Wildman–Crippen LogP) is 0.114. The van der Waals surface area contributed by atoms with Crippen LogP contribution in [0.15, 0.2) is 22.7 Å². The monoisotopic (exact) mass is 288 g/mol. The van der Waals surface area contributed by atoms with Crippen molar-refractivity contribution in [1.82, 2.24) is 5.32 Å². The van der Waals surface area contributed by atoms with Crippen molar-refractivity contribution in [2.75, 3.05) is 18.9 Å². The zero-order valence-corrected chi connectivity index (χ0v) is 10.1. The zero-order chi connectivity index (χ0) is 12.1. The van der Waals surface area contributed by atoms with E-state index in [1.165, 1.54) is 6.07 Å². The molecule has 0 aliphatic carbocycles. The molecule has 88 valence electrons. The first kappa shape index (κ1) is 13.0. The molecule has 0 saturated heterocycles. The molecule has 0 aromatic heterocycles. The molecule has 0 fully saturated rings. The number of aliphatic hydroxyl groups is 2. The van der Waals surface area contributed by atoms with Crippen LogP contribution in [0, 0.1) is 0 Å². The van der Waals surface area contributed by atoms with Gasteiger partial charge in [-0.15, -0.1) is 0 Å². The number of carbonyl (C=O) groups is 1. The second kappa shape index (κ2) is 5.83. The first-order chi connectivity index (χ1) is 7.54. The van der Waals surface area contributed by atoms with E-state index in [0.717, 1.165) is 4.47 Å². The summed E-state index contributed by atoms with van der Waals surface area (Å²) in [6.45, 7) is -0.381. The Morgan fingerprint density at radius 2 is 2.25 bits per heavy atom. The van der Waals surface area contributed by atoms with Crippen LogP contribution in [0.25, 0.3) is 0 Å². The van der Waals surface area contributed by atoms with Gasteiger partial charge in [0.25, 0.3) is 5.91 Å². The molecule has 5 N–H and O–H groups in total. The van der Waals surface area contributed by atoms with Gasteiger partial charge in [0.05, 0.1) is 12.7 Å². The van der Waals surface area contributed by atoms with E-state index in [2.05, 4.69) is 21.2 Å². The number of amides is 1. The van der Waals surface area contributed by atoms with Crippen molar-refractivity contribution in [2.24, 2.45) is 0 Å². The highest BCUT2D eigenvalue weighted by Gasteiger charge is 2.09. The van der Waals surface area contributed by atoms with E-state index in [4.69, 9.17) is 15.9 Å². The van der Waals surface area contributed by atoms with E-state index in [-0.39, 0.29) is 19.1 Å². The average Bonchev–Trinajstić information content (AvgIpc) is 2.29. The van der Waals surface area contributed by atoms with Gasteiger partial charge < -0.3 is 21.3 Å². The minimum absolute atomic E-state index is 0.00526. The van der Waals surface area contributed by atoms with Crippen LogP contribution in [0.5, 0.6) is 0 Å². The number of aliphatic hydroxyl groups excluding tert-OH is 2. The largest absolute Gasteiger partial charge is 0.398 e. The van der Waals surface area contributed by atoms with Crippen LogP contribution < -0.4 is 11.1 Å². The highest BCUT2D eigenvalue weighted by atomic mass is 79.9. The van der Waals surface area contributed by atoms with Crippen LogP contribution in [0.2, 0.25) is 0 Å². The summed E-state index contributed by atoms with van der Waals surface area (Å²) in [5.41, 5.74) is 6.50. The summed E-state index contributed by atoms with van der Waals surface area (Å²) in [6.07, 6.45) is -0.947. The van der Waals surface area contributed by atoms with Gasteiger partial charge >= 0.3 is 0 Å². The molecular formula is C10H13BrN2O3. The molecule has 1 amide bonds. The van der Waals surface area contributed by atoms with Crippen molar-refractivity contribution in [2.45, 2.75) is 6.10 Å². The van der Waals surface area contributed by atoms with Gasteiger partial charge in [-0.1, -0.05) is 0 Å². The Labute approximate surface area is 101 Å². The number of benzene rings is 1. The molecule has 1 unspecified atom stereocenters. The zero-order valence-electron chi connectivity index (χ0n) is 8.48. The Kier molecular flexibility index (Phi) is 4.72. The second-order valence-corrected chi connectivity index (χ2v) is 4.14. The number of rotatable bonds is 4. The number of nitrogens with two attached hydrogens (primary N) is 1. The fourth-order valence-electron chi connectivity index (χ4n) is 1.06. The highest BCUT2D eigenvalue weighted by Crippen LogP contribution is 2.19. The molecule has 0 saturated carbocycles. The molecule has 1 aromatic rings. The van der Waals surface area contributed by atoms with E-state index in [0.29, 0.717) is 11.3 Å². The van der Waals surface area contributed by atoms with Gasteiger partial charge in [-0.05, 0) is 34.1 Å². The van der Waals surface area contributed by atoms with Crippen LogP contribution in [-0.4, -0.2) is 35.4 Å². The molecule has 16 heavy (non-hydrogen) atoms. The molecule has 1 aromatic carbocycles. The normalized spacial score (nSPS) is 12.2. The maximum absolute atomic E-state index is 11.6. The lowest BCUT2D eigenvalue weighted by Gasteiger charge is -2.09. The van der Waals surface area contributed by atoms with Gasteiger partial charge in [0.15, 0.2) is 0 Å². The summed E-state index contributed by atoms with van der Waals surface area (Å²) in [5.74, 6) is -0.341. The number of nitrogen functional groups attached to an aromatic ring is 1. The van der Waals surface area contributed by atoms with Crippen molar-refractivity contribution < 1.29 is 15.0 Å². The Bertz CT molecular complexity index is 384. The fourth-order valence-corrected chi connectivity index (χ4v) is 1.31. The quantitative estimate of drug-likeness (QED) is 0.592. The highest BCUT2D eigenvalue weighted by molar-refractivity contribution is 9.10. The van der Waals surface area contributed by atoms with Gasteiger partial charge in [-0.2, -0.15) is 0 Å². The Morgan fingerprint density at radius 1 is 1.56 bits per heavy atom. The Morgan fingerprint density at radius 3 is 2.81 bits per heavy atom. The lowest BCUT2D eigenvalue weighted by molar-refractivity contribution is 0.0802. The van der Waals surface area contributed by atoms with Crippen LogP contribution in [0.3, 0.4) is 0 Å². The molecule has 6 heteroatoms. The van der Waals surface area contributed by atoms with E-state index in [9.17, 15) is 4.79 Å². The van der Waals surface area contributed by atoms with Crippen molar-refractivity contribution in [3.05, 3.63) is 28.2 Å². The van der Waals surface area contributed by atoms with Crippen LogP contribution in [0.4, 0.5) is 5.69 Å². The topological polar surface area (TPSA) is 95.6 Å². The fraction of sp³-hybridized carbons (Fsp3) is 0.300. The lowest BCUT2D eigenvalue weighted by atomic mass is 10.2. The molecule has 1 rings (SSSR count). The summed E-state index contributed by atoms with van der Waals surface area (Å²) in [4.78, 5) is 11.6. The van der Waals surface area contributed by atoms with Crippen LogP contribution in [0.1, 0.15) is 10.4 Å². The van der Waals surface area contributed by atoms with Crippen molar-refractivity contribution in [1.29, 1.82) is 0 Å². The third-order valence-corrected chi connectivity index (χ3v) is 2.69. The second-order valence-electron chi connectivity index (χ2n) is 3.28. The number of carbonyl (C=O) groups excluding carboxylic acids is 1. The van der Waals surface area contributed by atoms with Gasteiger partial charge in [-0.3, -0.25) is 4.79 Å². The summed E-state index contributed by atoms with van der Waals surface area (Å²) in [5, 5.41) is 20.1. The molecule has 0 aliphatic rings. The average molecular weight is 289 g/mol. The Balaban J connectivity index is 2.63. The molecule has 0 heterocycles. The third-order valence-electron chi connectivity index (χ3n) is 1.97. The van der Waals surface area contributed by atoms with Gasteiger partial charge in [0.1, 0.15) is 0 Å². The summed E-state index contributed by atoms with van der Waals surface area (Å²) < 4.78 is 0.722. The lowest BCUT2D eigenvalue weighted by Crippen LogP contribution is -2.33. The van der Waals surface area contributed by atoms with E-state index >= 15 is 0 Å². The minimum Gasteiger partial charge on any atom is -0.398 e. The standard InChI is InChI=1S/C10H13BrN2O3/c11-8-2-1-6(3-9(8)12)10(16)13-4-7(15)5-14/h1-3,7,14-15H,4-5,12H2,(H,13,16). The van der Waals surface area contributed by atoms with Gasteiger partial charge in [-0.25, -0.2) is 0 Å². The first-order valence-corrected chi connectivity index (χ1v) is 5.46. The van der Waals surface area contributed by atoms with Crippen LogP contribution in [-0.2, 0) is 0 Å². The van der Waals surface area contributed by atoms with Crippen molar-refractivity contribution in [3.63, 3.8) is 0 Å². The SMILES string of the molecule is Nc1cc(C(=O)NCC(O)CO)ccc1Br. The summed E-state index contributed by atoms with van der Waals surface area (Å²) in [6, 6.07) is 4.82. The molecule has 0 radical (unpaired) electrons. The van der Waals surface area contributed by atoms with Gasteiger partial charge in [0, 0.05) is 22.3 Å². The summed E-state index contributed by atoms with van der Waals surface area (Å²) >= 11 is 3.22. The van der Waals surface area contributed by atoms with E-state index < -0.39 is 6.10 Å². The maximum atomic E-state index is 11.6. The maximum Gasteiger partial charge on any atom is 0.251 e. The predicted molar refractivity (Wildman–Crippen MR) is 64.0 cm³/mol. The number of hydrogen-bond donors (Lipinski definition) is 4. The third kappa shape index (κ3) is 3.48. The van der Waals surface area contributed by atoms with E-state index in [1.54, 1.807) is 12.1 Å². The molecule has 0 bridgehead atoms. The smallest absolute Gasteiger partial charge is 0.251 e. The number of nitrogens with one attached hydrogen (secondary N) is 1. The van der Waals surface area contributed by atoms with Crippen molar-refractivity contribution in [3.8, 4) is 0 Å². The molecule has 0 aliphatic heterocycles. The molecule has 0 spiro atoms. The number of anilines is 1. The van der Waals surface area contributed by atoms with E-state index in [1.807, 2.05) is 0 Å². The first-order valence-electron chi connectivity index (χ1n) is 4.66. The minimum atomic E-state index is -0.947. The molecule has 1 atom stereocenters. The number of hydrogen-bond acceptors (Lipinski definition) is 4. The number of halogens is 1.